The van der Waals surface area contributed by atoms with Crippen LogP contribution in [0.25, 0.3) is 0 Å². The Morgan fingerprint density at radius 1 is 1.18 bits per heavy atom. The summed E-state index contributed by atoms with van der Waals surface area (Å²) in [5.41, 5.74) is -1.29. The van der Waals surface area contributed by atoms with Crippen molar-refractivity contribution in [3.05, 3.63) is 0 Å². The van der Waals surface area contributed by atoms with Gasteiger partial charge in [0.2, 0.25) is 11.8 Å². The molecule has 0 rings (SSSR count). The molecule has 3 N–H and O–H groups in total. The molecule has 0 aliphatic heterocycles. The minimum Gasteiger partial charge on any atom is -0.480 e. The van der Waals surface area contributed by atoms with Crippen LogP contribution in [0.5, 0.6) is 0 Å². The summed E-state index contributed by atoms with van der Waals surface area (Å²) in [5.74, 6) is -1.80. The minimum atomic E-state index is -1.29. The molecule has 1 atom stereocenters. The quantitative estimate of drug-likeness (QED) is 0.599. The van der Waals surface area contributed by atoms with Gasteiger partial charge in [-0.1, -0.05) is 13.8 Å². The lowest BCUT2D eigenvalue weighted by Gasteiger charge is -2.24. The lowest BCUT2D eigenvalue weighted by atomic mass is 9.99. The first-order valence-electron chi connectivity index (χ1n) is 5.66. The van der Waals surface area contributed by atoms with Crippen LogP contribution in [0, 0.1) is 0 Å². The van der Waals surface area contributed by atoms with Gasteiger partial charge in [0.25, 0.3) is 0 Å². The summed E-state index contributed by atoms with van der Waals surface area (Å²) in [6.45, 7) is 4.77. The fraction of sp³-hybridized carbons (Fsp3) is 0.727. The van der Waals surface area contributed by atoms with E-state index in [9.17, 15) is 14.4 Å². The third kappa shape index (κ3) is 5.33. The van der Waals surface area contributed by atoms with Gasteiger partial charge in [-0.05, 0) is 19.8 Å². The van der Waals surface area contributed by atoms with Gasteiger partial charge >= 0.3 is 5.97 Å². The van der Waals surface area contributed by atoms with E-state index < -0.39 is 17.4 Å². The zero-order valence-electron chi connectivity index (χ0n) is 10.5. The first-order valence-corrected chi connectivity index (χ1v) is 5.66. The summed E-state index contributed by atoms with van der Waals surface area (Å²) in [6.07, 6.45) is 1.34. The minimum absolute atomic E-state index is 0.193. The summed E-state index contributed by atoms with van der Waals surface area (Å²) in [4.78, 5) is 33.5. The molecule has 17 heavy (non-hydrogen) atoms. The Morgan fingerprint density at radius 2 is 1.76 bits per heavy atom. The molecule has 0 aromatic carbocycles. The van der Waals surface area contributed by atoms with E-state index in [1.54, 1.807) is 6.92 Å². The van der Waals surface area contributed by atoms with Crippen LogP contribution in [0.1, 0.15) is 40.0 Å². The van der Waals surface area contributed by atoms with Gasteiger partial charge in [0.15, 0.2) is 0 Å². The summed E-state index contributed by atoms with van der Waals surface area (Å²) < 4.78 is 0. The van der Waals surface area contributed by atoms with Crippen LogP contribution < -0.4 is 10.6 Å². The number of rotatable bonds is 7. The van der Waals surface area contributed by atoms with Crippen LogP contribution >= 0.6 is 0 Å². The Kier molecular flexibility index (Phi) is 6.23. The molecule has 0 aliphatic rings. The lowest BCUT2D eigenvalue weighted by Crippen LogP contribution is -2.54. The highest BCUT2D eigenvalue weighted by atomic mass is 16.4. The van der Waals surface area contributed by atoms with Crippen molar-refractivity contribution < 1.29 is 19.5 Å². The van der Waals surface area contributed by atoms with E-state index in [0.29, 0.717) is 12.8 Å². The van der Waals surface area contributed by atoms with Crippen molar-refractivity contribution in [2.45, 2.75) is 45.6 Å². The van der Waals surface area contributed by atoms with Gasteiger partial charge in [-0.15, -0.1) is 0 Å². The molecular weight excluding hydrogens is 224 g/mol. The Bertz CT molecular complexity index is 304. The van der Waals surface area contributed by atoms with E-state index in [0.717, 1.165) is 0 Å². The highest BCUT2D eigenvalue weighted by Gasteiger charge is 2.32. The van der Waals surface area contributed by atoms with Crippen molar-refractivity contribution in [3.63, 3.8) is 0 Å². The summed E-state index contributed by atoms with van der Waals surface area (Å²) >= 11 is 0. The molecule has 0 spiro atoms. The zero-order valence-corrected chi connectivity index (χ0v) is 10.5. The second-order valence-corrected chi connectivity index (χ2v) is 4.07. The van der Waals surface area contributed by atoms with Crippen molar-refractivity contribution in [2.75, 3.05) is 6.54 Å². The van der Waals surface area contributed by atoms with Gasteiger partial charge in [0.1, 0.15) is 5.54 Å². The van der Waals surface area contributed by atoms with Crippen molar-refractivity contribution in [1.82, 2.24) is 10.6 Å². The van der Waals surface area contributed by atoms with Crippen LogP contribution in [0.4, 0.5) is 0 Å². The Morgan fingerprint density at radius 3 is 2.18 bits per heavy atom. The normalized spacial score (nSPS) is 13.6. The maximum Gasteiger partial charge on any atom is 0.329 e. The molecule has 0 bridgehead atoms. The molecule has 2 amide bonds. The van der Waals surface area contributed by atoms with Crippen LogP contribution in [-0.4, -0.2) is 35.0 Å². The van der Waals surface area contributed by atoms with Crippen LogP contribution in [0.15, 0.2) is 0 Å². The van der Waals surface area contributed by atoms with Gasteiger partial charge < -0.3 is 15.7 Å². The number of hydrogen-bond acceptors (Lipinski definition) is 3. The number of carbonyl (C=O) groups is 3. The number of carbonyl (C=O) groups excluding carboxylic acids is 2. The van der Waals surface area contributed by atoms with Gasteiger partial charge in [-0.25, -0.2) is 4.79 Å². The fourth-order valence-electron chi connectivity index (χ4n) is 1.14. The monoisotopic (exact) mass is 244 g/mol. The number of carboxylic acid groups (broad SMARTS) is 1. The number of aliphatic carboxylic acids is 1. The second kappa shape index (κ2) is 6.88. The number of carboxylic acids is 1. The van der Waals surface area contributed by atoms with E-state index >= 15 is 0 Å². The van der Waals surface area contributed by atoms with E-state index in [1.807, 2.05) is 6.92 Å². The lowest BCUT2D eigenvalue weighted by molar-refractivity contribution is -0.146. The largest absolute Gasteiger partial charge is 0.480 e. The number of hydrogen-bond donors (Lipinski definition) is 3. The van der Waals surface area contributed by atoms with Crippen molar-refractivity contribution in [1.29, 1.82) is 0 Å². The van der Waals surface area contributed by atoms with Gasteiger partial charge in [-0.2, -0.15) is 0 Å². The molecule has 0 fully saturated rings. The number of nitrogens with one attached hydrogen (secondary N) is 2. The molecule has 1 unspecified atom stereocenters. The Balaban J connectivity index is 4.17. The van der Waals surface area contributed by atoms with Gasteiger partial charge in [0, 0.05) is 6.42 Å². The molecule has 0 saturated carbocycles. The smallest absolute Gasteiger partial charge is 0.329 e. The third-order valence-corrected chi connectivity index (χ3v) is 2.52. The van der Waals surface area contributed by atoms with E-state index in [2.05, 4.69) is 10.6 Å². The molecule has 0 aliphatic carbocycles. The zero-order chi connectivity index (χ0) is 13.5. The molecular formula is C11H20N2O4. The molecule has 98 valence electrons. The van der Waals surface area contributed by atoms with Crippen LogP contribution in [-0.2, 0) is 14.4 Å². The molecule has 0 heterocycles. The molecule has 6 nitrogen and oxygen atoms in total. The molecule has 0 radical (unpaired) electrons. The van der Waals surface area contributed by atoms with Crippen molar-refractivity contribution >= 4 is 17.8 Å². The third-order valence-electron chi connectivity index (χ3n) is 2.52. The van der Waals surface area contributed by atoms with Crippen molar-refractivity contribution in [3.8, 4) is 0 Å². The molecule has 0 aromatic heterocycles. The van der Waals surface area contributed by atoms with Crippen molar-refractivity contribution in [2.24, 2.45) is 0 Å². The molecule has 6 heteroatoms. The van der Waals surface area contributed by atoms with Crippen LogP contribution in [0.3, 0.4) is 0 Å². The standard InChI is InChI=1S/C11H20N2O4/c1-4-6-8(14)12-7-9(15)13-11(3,5-2)10(16)17/h4-7H2,1-3H3,(H,12,14)(H,13,15)(H,16,17). The topological polar surface area (TPSA) is 95.5 Å². The summed E-state index contributed by atoms with van der Waals surface area (Å²) in [5, 5.41) is 13.8. The average molecular weight is 244 g/mol. The predicted molar refractivity (Wildman–Crippen MR) is 62.4 cm³/mol. The second-order valence-electron chi connectivity index (χ2n) is 4.07. The summed E-state index contributed by atoms with van der Waals surface area (Å²) in [6, 6.07) is 0. The molecule has 0 saturated heterocycles. The maximum atomic E-state index is 11.4. The van der Waals surface area contributed by atoms with Gasteiger partial charge in [0.05, 0.1) is 6.54 Å². The first-order chi connectivity index (χ1) is 7.85. The highest BCUT2D eigenvalue weighted by Crippen LogP contribution is 2.08. The fourth-order valence-corrected chi connectivity index (χ4v) is 1.14. The number of amides is 2. The van der Waals surface area contributed by atoms with E-state index in [1.165, 1.54) is 6.92 Å². The van der Waals surface area contributed by atoms with Crippen LogP contribution in [0.2, 0.25) is 0 Å². The van der Waals surface area contributed by atoms with E-state index in [4.69, 9.17) is 5.11 Å². The van der Waals surface area contributed by atoms with Gasteiger partial charge in [-0.3, -0.25) is 9.59 Å². The summed E-state index contributed by atoms with van der Waals surface area (Å²) in [7, 11) is 0. The van der Waals surface area contributed by atoms with E-state index in [-0.39, 0.29) is 18.9 Å². The average Bonchev–Trinajstić information content (AvgIpc) is 2.26. The maximum absolute atomic E-state index is 11.4. The SMILES string of the molecule is CCCC(=O)NCC(=O)NC(C)(CC)C(=O)O. The first kappa shape index (κ1) is 15.4. The predicted octanol–water partition coefficient (Wildman–Crippen LogP) is 0.272. The molecule has 0 aromatic rings. The Hall–Kier alpha value is -1.59. The Labute approximate surface area is 101 Å². The highest BCUT2D eigenvalue weighted by molar-refractivity contribution is 5.89.